The summed E-state index contributed by atoms with van der Waals surface area (Å²) >= 11 is 0. The fourth-order valence-corrected chi connectivity index (χ4v) is 2.54. The van der Waals surface area contributed by atoms with Gasteiger partial charge in [-0.1, -0.05) is 6.07 Å². The molecule has 0 unspecified atom stereocenters. The Morgan fingerprint density at radius 1 is 1.19 bits per heavy atom. The normalized spacial score (nSPS) is 17.0. The maximum atomic E-state index is 12.3. The third-order valence-electron chi connectivity index (χ3n) is 3.36. The van der Waals surface area contributed by atoms with Crippen molar-refractivity contribution in [1.82, 2.24) is 5.32 Å². The van der Waals surface area contributed by atoms with Gasteiger partial charge in [-0.25, -0.2) is 0 Å². The molecule has 1 aliphatic heterocycles. The summed E-state index contributed by atoms with van der Waals surface area (Å²) in [6.45, 7) is 5.52. The van der Waals surface area contributed by atoms with E-state index in [9.17, 15) is 13.2 Å². The quantitative estimate of drug-likeness (QED) is 0.916. The average Bonchev–Trinajstić information content (AvgIpc) is 2.37. The van der Waals surface area contributed by atoms with Crippen LogP contribution in [-0.2, 0) is 0 Å². The van der Waals surface area contributed by atoms with Gasteiger partial charge in [0.2, 0.25) is 0 Å². The van der Waals surface area contributed by atoms with E-state index in [1.807, 2.05) is 13.8 Å². The number of halogens is 3. The van der Waals surface area contributed by atoms with E-state index in [2.05, 4.69) is 10.1 Å². The van der Waals surface area contributed by atoms with Crippen LogP contribution in [0.2, 0.25) is 0 Å². The number of hydrogen-bond donors (Lipinski definition) is 1. The van der Waals surface area contributed by atoms with Crippen LogP contribution >= 0.6 is 0 Å². The summed E-state index contributed by atoms with van der Waals surface area (Å²) in [6.07, 6.45) is -2.89. The van der Waals surface area contributed by atoms with Gasteiger partial charge in [-0.15, -0.1) is 13.2 Å². The SMILES string of the molecule is CC(C)Oc1cc(OC(F)(F)F)ccc1C1CCNCC1. The molecule has 0 radical (unpaired) electrons. The highest BCUT2D eigenvalue weighted by molar-refractivity contribution is 5.43. The monoisotopic (exact) mass is 303 g/mol. The first-order valence-corrected chi connectivity index (χ1v) is 7.12. The minimum absolute atomic E-state index is 0.105. The standard InChI is InChI=1S/C15H20F3NO2/c1-10(2)20-14-9-12(21-15(16,17)18)3-4-13(14)11-5-7-19-8-6-11/h3-4,9-11,19H,5-8H2,1-2H3. The van der Waals surface area contributed by atoms with Crippen LogP contribution < -0.4 is 14.8 Å². The van der Waals surface area contributed by atoms with E-state index in [4.69, 9.17) is 4.74 Å². The van der Waals surface area contributed by atoms with Crippen LogP contribution in [0.1, 0.15) is 38.2 Å². The number of benzene rings is 1. The van der Waals surface area contributed by atoms with Crippen LogP contribution in [-0.4, -0.2) is 25.6 Å². The average molecular weight is 303 g/mol. The van der Waals surface area contributed by atoms with Gasteiger partial charge in [0.25, 0.3) is 0 Å². The molecule has 0 aliphatic carbocycles. The van der Waals surface area contributed by atoms with Crippen LogP contribution in [0.3, 0.4) is 0 Å². The van der Waals surface area contributed by atoms with Gasteiger partial charge in [0, 0.05) is 6.07 Å². The zero-order valence-corrected chi connectivity index (χ0v) is 12.2. The number of ether oxygens (including phenoxy) is 2. The largest absolute Gasteiger partial charge is 0.573 e. The minimum atomic E-state index is -4.69. The van der Waals surface area contributed by atoms with Crippen molar-refractivity contribution in [3.8, 4) is 11.5 Å². The van der Waals surface area contributed by atoms with E-state index in [1.165, 1.54) is 12.1 Å². The first kappa shape index (κ1) is 15.9. The molecule has 21 heavy (non-hydrogen) atoms. The van der Waals surface area contributed by atoms with Crippen molar-refractivity contribution in [2.75, 3.05) is 13.1 Å². The summed E-state index contributed by atoms with van der Waals surface area (Å²) in [5, 5.41) is 3.27. The number of alkyl halides is 3. The van der Waals surface area contributed by atoms with Crippen LogP contribution in [0.4, 0.5) is 13.2 Å². The van der Waals surface area contributed by atoms with E-state index in [-0.39, 0.29) is 11.9 Å². The fraction of sp³-hybridized carbons (Fsp3) is 0.600. The predicted molar refractivity (Wildman–Crippen MR) is 73.7 cm³/mol. The summed E-state index contributed by atoms with van der Waals surface area (Å²) in [4.78, 5) is 0. The Morgan fingerprint density at radius 3 is 2.43 bits per heavy atom. The second kappa shape index (κ2) is 6.56. The predicted octanol–water partition coefficient (Wildman–Crippen LogP) is 3.84. The molecule has 1 N–H and O–H groups in total. The summed E-state index contributed by atoms with van der Waals surface area (Å²) in [7, 11) is 0. The van der Waals surface area contributed by atoms with Gasteiger partial charge in [0.05, 0.1) is 6.10 Å². The topological polar surface area (TPSA) is 30.5 Å². The van der Waals surface area contributed by atoms with Crippen LogP contribution in [0.25, 0.3) is 0 Å². The van der Waals surface area contributed by atoms with Gasteiger partial charge in [0.1, 0.15) is 11.5 Å². The maximum Gasteiger partial charge on any atom is 0.573 e. The Morgan fingerprint density at radius 2 is 1.86 bits per heavy atom. The minimum Gasteiger partial charge on any atom is -0.491 e. The van der Waals surface area contributed by atoms with Crippen LogP contribution in [0.15, 0.2) is 18.2 Å². The fourth-order valence-electron chi connectivity index (χ4n) is 2.54. The van der Waals surface area contributed by atoms with Crippen molar-refractivity contribution in [3.05, 3.63) is 23.8 Å². The molecule has 0 spiro atoms. The molecule has 0 amide bonds. The van der Waals surface area contributed by atoms with Crippen molar-refractivity contribution in [2.24, 2.45) is 0 Å². The molecule has 118 valence electrons. The highest BCUT2D eigenvalue weighted by atomic mass is 19.4. The molecule has 2 rings (SSSR count). The molecule has 1 aromatic carbocycles. The Hall–Kier alpha value is -1.43. The highest BCUT2D eigenvalue weighted by Gasteiger charge is 2.31. The summed E-state index contributed by atoms with van der Waals surface area (Å²) < 4.78 is 46.6. The van der Waals surface area contributed by atoms with Gasteiger partial charge in [-0.3, -0.25) is 0 Å². The molecule has 1 fully saturated rings. The molecule has 3 nitrogen and oxygen atoms in total. The molecule has 6 heteroatoms. The number of nitrogens with one attached hydrogen (secondary N) is 1. The second-order valence-electron chi connectivity index (χ2n) is 5.44. The summed E-state index contributed by atoms with van der Waals surface area (Å²) in [6, 6.07) is 4.39. The third-order valence-corrected chi connectivity index (χ3v) is 3.36. The van der Waals surface area contributed by atoms with Crippen molar-refractivity contribution in [3.63, 3.8) is 0 Å². The molecular weight excluding hydrogens is 283 g/mol. The third kappa shape index (κ3) is 4.81. The lowest BCUT2D eigenvalue weighted by Crippen LogP contribution is -2.27. The van der Waals surface area contributed by atoms with Crippen molar-refractivity contribution < 1.29 is 22.6 Å². The Kier molecular flexibility index (Phi) is 4.98. The highest BCUT2D eigenvalue weighted by Crippen LogP contribution is 2.37. The first-order chi connectivity index (χ1) is 9.85. The van der Waals surface area contributed by atoms with Gasteiger partial charge < -0.3 is 14.8 Å². The van der Waals surface area contributed by atoms with E-state index in [0.29, 0.717) is 11.7 Å². The Labute approximate surface area is 122 Å². The molecule has 1 heterocycles. The maximum absolute atomic E-state index is 12.3. The summed E-state index contributed by atoms with van der Waals surface area (Å²) in [5.41, 5.74) is 0.958. The van der Waals surface area contributed by atoms with Crippen LogP contribution in [0, 0.1) is 0 Å². The number of piperidine rings is 1. The van der Waals surface area contributed by atoms with Crippen LogP contribution in [0.5, 0.6) is 11.5 Å². The van der Waals surface area contributed by atoms with E-state index < -0.39 is 6.36 Å². The Bertz CT molecular complexity index is 468. The summed E-state index contributed by atoms with van der Waals surface area (Å²) in [5.74, 6) is 0.550. The zero-order chi connectivity index (χ0) is 15.5. The molecular formula is C15H20F3NO2. The molecule has 0 bridgehead atoms. The molecule has 1 saturated heterocycles. The zero-order valence-electron chi connectivity index (χ0n) is 12.2. The van der Waals surface area contributed by atoms with Gasteiger partial charge in [-0.05, 0) is 57.3 Å². The lowest BCUT2D eigenvalue weighted by Gasteiger charge is -2.26. The van der Waals surface area contributed by atoms with E-state index >= 15 is 0 Å². The molecule has 0 saturated carbocycles. The van der Waals surface area contributed by atoms with Crippen molar-refractivity contribution in [2.45, 2.75) is 45.1 Å². The van der Waals surface area contributed by atoms with Crippen molar-refractivity contribution >= 4 is 0 Å². The number of rotatable bonds is 4. The van der Waals surface area contributed by atoms with Crippen molar-refractivity contribution in [1.29, 1.82) is 0 Å². The van der Waals surface area contributed by atoms with E-state index in [0.717, 1.165) is 31.5 Å². The Balaban J connectivity index is 2.26. The lowest BCUT2D eigenvalue weighted by molar-refractivity contribution is -0.274. The van der Waals surface area contributed by atoms with Gasteiger partial charge in [0.15, 0.2) is 0 Å². The van der Waals surface area contributed by atoms with Gasteiger partial charge >= 0.3 is 6.36 Å². The number of hydrogen-bond acceptors (Lipinski definition) is 3. The molecule has 1 aromatic rings. The smallest absolute Gasteiger partial charge is 0.491 e. The first-order valence-electron chi connectivity index (χ1n) is 7.12. The molecule has 0 aromatic heterocycles. The van der Waals surface area contributed by atoms with Gasteiger partial charge in [-0.2, -0.15) is 0 Å². The molecule has 0 atom stereocenters. The second-order valence-corrected chi connectivity index (χ2v) is 5.44. The lowest BCUT2D eigenvalue weighted by atomic mass is 9.89. The van der Waals surface area contributed by atoms with E-state index in [1.54, 1.807) is 6.07 Å². The molecule has 1 aliphatic rings.